The highest BCUT2D eigenvalue weighted by Gasteiger charge is 2.37. The minimum absolute atomic E-state index is 0.00233. The van der Waals surface area contributed by atoms with Gasteiger partial charge in [0.1, 0.15) is 0 Å². The first kappa shape index (κ1) is 18.6. The average molecular weight is 354 g/mol. The molecule has 1 aromatic carbocycles. The third-order valence-corrected chi connectivity index (χ3v) is 3.77. The molecule has 1 aromatic rings. The van der Waals surface area contributed by atoms with Gasteiger partial charge >= 0.3 is 12.4 Å². The Hall–Kier alpha value is -1.77. The van der Waals surface area contributed by atoms with E-state index >= 15 is 0 Å². The Labute approximate surface area is 134 Å². The van der Waals surface area contributed by atoms with Gasteiger partial charge in [-0.2, -0.15) is 26.3 Å². The predicted octanol–water partition coefficient (Wildman–Crippen LogP) is 3.55. The minimum Gasteiger partial charge on any atom is -0.351 e. The number of hydrogen-bond donors (Lipinski definition) is 1. The largest absolute Gasteiger partial charge is 0.416 e. The molecule has 1 aliphatic rings. The van der Waals surface area contributed by atoms with E-state index in [0.29, 0.717) is 24.7 Å². The Bertz CT molecular complexity index is 575. The summed E-state index contributed by atoms with van der Waals surface area (Å²) < 4.78 is 76.5. The molecule has 24 heavy (non-hydrogen) atoms. The number of hydrogen-bond acceptors (Lipinski definition) is 2. The van der Waals surface area contributed by atoms with Crippen molar-refractivity contribution < 1.29 is 31.1 Å². The molecule has 0 radical (unpaired) electrons. The van der Waals surface area contributed by atoms with Gasteiger partial charge in [0.05, 0.1) is 11.1 Å². The van der Waals surface area contributed by atoms with E-state index in [4.69, 9.17) is 0 Å². The van der Waals surface area contributed by atoms with Gasteiger partial charge in [0.15, 0.2) is 0 Å². The lowest BCUT2D eigenvalue weighted by molar-refractivity contribution is -0.143. The normalized spacial score (nSPS) is 15.7. The number of amides is 1. The zero-order valence-electron chi connectivity index (χ0n) is 12.8. The van der Waals surface area contributed by atoms with Crippen LogP contribution in [0.15, 0.2) is 18.2 Å². The summed E-state index contributed by atoms with van der Waals surface area (Å²) in [6.45, 7) is 0.616. The summed E-state index contributed by atoms with van der Waals surface area (Å²) in [6, 6.07) is 1.29. The number of rotatable bonds is 5. The fourth-order valence-electron chi connectivity index (χ4n) is 2.23. The predicted molar refractivity (Wildman–Crippen MR) is 74.4 cm³/mol. The highest BCUT2D eigenvalue weighted by Crippen LogP contribution is 2.36. The Morgan fingerprint density at radius 2 is 1.58 bits per heavy atom. The van der Waals surface area contributed by atoms with Crippen LogP contribution in [0.25, 0.3) is 0 Å². The van der Waals surface area contributed by atoms with Crippen LogP contribution in [0.3, 0.4) is 0 Å². The maximum Gasteiger partial charge on any atom is 0.416 e. The van der Waals surface area contributed by atoms with Gasteiger partial charge in [-0.15, -0.1) is 0 Å². The van der Waals surface area contributed by atoms with Crippen LogP contribution < -0.4 is 5.32 Å². The summed E-state index contributed by atoms with van der Waals surface area (Å²) in [5.74, 6) is -0.962. The van der Waals surface area contributed by atoms with E-state index in [-0.39, 0.29) is 12.6 Å². The van der Waals surface area contributed by atoms with Gasteiger partial charge in [-0.05, 0) is 38.1 Å². The number of carbonyl (C=O) groups is 1. The van der Waals surface area contributed by atoms with Crippen LogP contribution >= 0.6 is 0 Å². The second-order valence-corrected chi connectivity index (χ2v) is 5.76. The Morgan fingerprint density at radius 1 is 1.08 bits per heavy atom. The lowest BCUT2D eigenvalue weighted by Crippen LogP contribution is -2.34. The fourth-order valence-corrected chi connectivity index (χ4v) is 2.23. The molecule has 9 heteroatoms. The summed E-state index contributed by atoms with van der Waals surface area (Å²) in [5.41, 5.74) is -3.67. The lowest BCUT2D eigenvalue weighted by Gasteiger charge is -2.17. The van der Waals surface area contributed by atoms with E-state index in [1.807, 2.05) is 11.9 Å². The molecule has 0 spiro atoms. The van der Waals surface area contributed by atoms with Crippen LogP contribution in [0.2, 0.25) is 0 Å². The summed E-state index contributed by atoms with van der Waals surface area (Å²) >= 11 is 0. The molecule has 3 nitrogen and oxygen atoms in total. The number of halogens is 6. The maximum atomic E-state index is 12.7. The van der Waals surface area contributed by atoms with E-state index in [2.05, 4.69) is 5.32 Å². The zero-order valence-corrected chi connectivity index (χ0v) is 12.8. The van der Waals surface area contributed by atoms with Crippen molar-refractivity contribution in [2.75, 3.05) is 20.1 Å². The molecule has 0 bridgehead atoms. The van der Waals surface area contributed by atoms with Crippen LogP contribution in [0.5, 0.6) is 0 Å². The topological polar surface area (TPSA) is 32.3 Å². The molecular weight excluding hydrogens is 338 g/mol. The number of benzene rings is 1. The van der Waals surface area contributed by atoms with E-state index in [1.165, 1.54) is 0 Å². The number of alkyl halides is 6. The Morgan fingerprint density at radius 3 is 2.00 bits per heavy atom. The van der Waals surface area contributed by atoms with E-state index in [0.717, 1.165) is 12.8 Å². The van der Waals surface area contributed by atoms with Gasteiger partial charge < -0.3 is 10.2 Å². The number of nitrogens with zero attached hydrogens (tertiary/aromatic N) is 1. The smallest absolute Gasteiger partial charge is 0.351 e. The van der Waals surface area contributed by atoms with Crippen molar-refractivity contribution in [2.24, 2.45) is 0 Å². The first-order chi connectivity index (χ1) is 11.0. The molecular formula is C15H16F6N2O. The summed E-state index contributed by atoms with van der Waals surface area (Å²) in [4.78, 5) is 13.9. The van der Waals surface area contributed by atoms with Crippen molar-refractivity contribution in [3.05, 3.63) is 34.9 Å². The Kier molecular flexibility index (Phi) is 5.12. The average Bonchev–Trinajstić information content (AvgIpc) is 3.29. The van der Waals surface area contributed by atoms with Crippen molar-refractivity contribution in [3.63, 3.8) is 0 Å². The SMILES string of the molecule is CN(CCNC(=O)c1cc(C(F)(F)F)cc(C(F)(F)F)c1)C1CC1. The maximum absolute atomic E-state index is 12.7. The van der Waals surface area contributed by atoms with E-state index in [9.17, 15) is 31.1 Å². The second kappa shape index (κ2) is 6.62. The van der Waals surface area contributed by atoms with E-state index < -0.39 is 35.0 Å². The number of likely N-dealkylation sites (N-methyl/N-ethyl adjacent to an activating group) is 1. The molecule has 0 atom stereocenters. The third-order valence-electron chi connectivity index (χ3n) is 3.77. The van der Waals surface area contributed by atoms with Crippen LogP contribution in [0.1, 0.15) is 34.3 Å². The van der Waals surface area contributed by atoms with Gasteiger partial charge in [0.25, 0.3) is 5.91 Å². The molecule has 0 unspecified atom stereocenters. The molecule has 2 rings (SSSR count). The van der Waals surface area contributed by atoms with Crippen LogP contribution in [0.4, 0.5) is 26.3 Å². The van der Waals surface area contributed by atoms with Crippen LogP contribution in [-0.4, -0.2) is 37.0 Å². The van der Waals surface area contributed by atoms with Crippen molar-refractivity contribution in [2.45, 2.75) is 31.2 Å². The molecule has 1 N–H and O–H groups in total. The van der Waals surface area contributed by atoms with Crippen molar-refractivity contribution in [1.82, 2.24) is 10.2 Å². The van der Waals surface area contributed by atoms with Crippen LogP contribution in [-0.2, 0) is 12.4 Å². The molecule has 0 aromatic heterocycles. The molecule has 0 aliphatic heterocycles. The van der Waals surface area contributed by atoms with Gasteiger partial charge in [-0.1, -0.05) is 0 Å². The van der Waals surface area contributed by atoms with Crippen LogP contribution in [0, 0.1) is 0 Å². The molecule has 1 fully saturated rings. The molecule has 134 valence electrons. The standard InChI is InChI=1S/C15H16F6N2O/c1-23(12-2-3-12)5-4-22-13(24)9-6-10(14(16,17)18)8-11(7-9)15(19,20)21/h6-8,12H,2-5H2,1H3,(H,22,24). The van der Waals surface area contributed by atoms with Gasteiger partial charge in [-0.3, -0.25) is 4.79 Å². The van der Waals surface area contributed by atoms with Crippen molar-refractivity contribution in [1.29, 1.82) is 0 Å². The summed E-state index contributed by atoms with van der Waals surface area (Å²) in [6.07, 6.45) is -7.84. The Balaban J connectivity index is 2.13. The minimum atomic E-state index is -4.97. The van der Waals surface area contributed by atoms with Crippen molar-refractivity contribution >= 4 is 5.91 Å². The number of carbonyl (C=O) groups excluding carboxylic acids is 1. The first-order valence-electron chi connectivity index (χ1n) is 7.26. The molecule has 0 saturated heterocycles. The first-order valence-corrected chi connectivity index (χ1v) is 7.26. The molecule has 0 heterocycles. The lowest BCUT2D eigenvalue weighted by atomic mass is 10.0. The molecule has 1 saturated carbocycles. The highest BCUT2D eigenvalue weighted by molar-refractivity contribution is 5.94. The molecule has 1 aliphatic carbocycles. The zero-order chi connectivity index (χ0) is 18.1. The summed E-state index contributed by atoms with van der Waals surface area (Å²) in [7, 11) is 1.84. The monoisotopic (exact) mass is 354 g/mol. The van der Waals surface area contributed by atoms with E-state index in [1.54, 1.807) is 0 Å². The van der Waals surface area contributed by atoms with Gasteiger partial charge in [0, 0.05) is 24.7 Å². The molecule has 1 amide bonds. The third kappa shape index (κ3) is 4.86. The van der Waals surface area contributed by atoms with Crippen molar-refractivity contribution in [3.8, 4) is 0 Å². The van der Waals surface area contributed by atoms with Gasteiger partial charge in [-0.25, -0.2) is 0 Å². The highest BCUT2D eigenvalue weighted by atomic mass is 19.4. The second-order valence-electron chi connectivity index (χ2n) is 5.76. The number of nitrogens with one attached hydrogen (secondary N) is 1. The quantitative estimate of drug-likeness (QED) is 0.821. The fraction of sp³-hybridized carbons (Fsp3) is 0.533. The van der Waals surface area contributed by atoms with Gasteiger partial charge in [0.2, 0.25) is 0 Å². The summed E-state index contributed by atoms with van der Waals surface area (Å²) in [5, 5.41) is 2.35.